The lowest BCUT2D eigenvalue weighted by Gasteiger charge is -2.18. The zero-order chi connectivity index (χ0) is 50.0. The van der Waals surface area contributed by atoms with Crippen LogP contribution in [-0.2, 0) is 28.6 Å². The van der Waals surface area contributed by atoms with Crippen molar-refractivity contribution in [3.05, 3.63) is 97.2 Å². The van der Waals surface area contributed by atoms with Crippen molar-refractivity contribution in [2.75, 3.05) is 13.2 Å². The SMILES string of the molecule is CC/C=C\C/C=C\C/C=C\C/C=C\CCCCCCC(=O)O[C@H](COC(=O)CCCCC/C=C\C/C=C\C/C=C\C/C=C\CCCCC)COC(=O)CCCCCCCCCCCCCCCCC. The molecule has 0 saturated carbocycles. The second-order valence-corrected chi connectivity index (χ2v) is 18.8. The molecule has 0 spiro atoms. The van der Waals surface area contributed by atoms with Crippen LogP contribution in [-0.4, -0.2) is 37.2 Å². The molecule has 1 atom stereocenters. The van der Waals surface area contributed by atoms with Crippen molar-refractivity contribution in [2.45, 2.75) is 271 Å². The van der Waals surface area contributed by atoms with Crippen LogP contribution in [0.3, 0.4) is 0 Å². The monoisotopic (exact) mass is 959 g/mol. The number of allylic oxidation sites excluding steroid dienone is 16. The van der Waals surface area contributed by atoms with Crippen LogP contribution in [0.2, 0.25) is 0 Å². The van der Waals surface area contributed by atoms with Crippen molar-refractivity contribution in [1.82, 2.24) is 0 Å². The third-order valence-electron chi connectivity index (χ3n) is 12.1. The molecule has 0 bridgehead atoms. The summed E-state index contributed by atoms with van der Waals surface area (Å²) in [6.07, 6.45) is 75.3. The van der Waals surface area contributed by atoms with Crippen LogP contribution in [0.25, 0.3) is 0 Å². The summed E-state index contributed by atoms with van der Waals surface area (Å²) < 4.78 is 16.8. The molecular formula is C63H106O6. The van der Waals surface area contributed by atoms with E-state index in [1.165, 1.54) is 103 Å². The van der Waals surface area contributed by atoms with Crippen LogP contribution in [0.4, 0.5) is 0 Å². The third kappa shape index (κ3) is 55.1. The smallest absolute Gasteiger partial charge is 0.306 e. The molecule has 6 nitrogen and oxygen atoms in total. The van der Waals surface area contributed by atoms with Gasteiger partial charge in [0.2, 0.25) is 0 Å². The van der Waals surface area contributed by atoms with E-state index < -0.39 is 6.10 Å². The van der Waals surface area contributed by atoms with Gasteiger partial charge < -0.3 is 14.2 Å². The molecule has 0 aromatic rings. The zero-order valence-electron chi connectivity index (χ0n) is 45.0. The van der Waals surface area contributed by atoms with Gasteiger partial charge in [-0.2, -0.15) is 0 Å². The van der Waals surface area contributed by atoms with Crippen molar-refractivity contribution < 1.29 is 28.6 Å². The summed E-state index contributed by atoms with van der Waals surface area (Å²) in [5.74, 6) is -0.948. The normalized spacial score (nSPS) is 12.8. The van der Waals surface area contributed by atoms with Gasteiger partial charge in [0.15, 0.2) is 6.10 Å². The minimum atomic E-state index is -0.804. The highest BCUT2D eigenvalue weighted by Crippen LogP contribution is 2.15. The molecule has 0 amide bonds. The Hall–Kier alpha value is -3.67. The van der Waals surface area contributed by atoms with Gasteiger partial charge in [0, 0.05) is 19.3 Å². The lowest BCUT2D eigenvalue weighted by atomic mass is 10.0. The summed E-state index contributed by atoms with van der Waals surface area (Å²) in [4.78, 5) is 38.2. The van der Waals surface area contributed by atoms with Crippen LogP contribution < -0.4 is 0 Å². The maximum Gasteiger partial charge on any atom is 0.306 e. The van der Waals surface area contributed by atoms with E-state index >= 15 is 0 Å². The number of ether oxygens (including phenoxy) is 3. The van der Waals surface area contributed by atoms with Crippen molar-refractivity contribution in [1.29, 1.82) is 0 Å². The molecule has 0 N–H and O–H groups in total. The van der Waals surface area contributed by atoms with Crippen LogP contribution in [0.1, 0.15) is 265 Å². The zero-order valence-corrected chi connectivity index (χ0v) is 45.0. The summed E-state index contributed by atoms with van der Waals surface area (Å²) in [7, 11) is 0. The second-order valence-electron chi connectivity index (χ2n) is 18.8. The number of unbranched alkanes of at least 4 members (excludes halogenated alkanes) is 24. The minimum Gasteiger partial charge on any atom is -0.462 e. The first-order valence-corrected chi connectivity index (χ1v) is 28.7. The Bertz CT molecular complexity index is 1380. The van der Waals surface area contributed by atoms with Crippen molar-refractivity contribution in [2.24, 2.45) is 0 Å². The van der Waals surface area contributed by atoms with Gasteiger partial charge in [-0.25, -0.2) is 0 Å². The maximum absolute atomic E-state index is 12.9. The molecule has 0 rings (SSSR count). The highest BCUT2D eigenvalue weighted by atomic mass is 16.6. The Labute approximate surface area is 426 Å². The first-order chi connectivity index (χ1) is 34.0. The fourth-order valence-electron chi connectivity index (χ4n) is 7.77. The second kappa shape index (κ2) is 56.9. The molecule has 0 radical (unpaired) electrons. The summed E-state index contributed by atoms with van der Waals surface area (Å²) in [5, 5.41) is 0. The van der Waals surface area contributed by atoms with Gasteiger partial charge in [0.25, 0.3) is 0 Å². The van der Waals surface area contributed by atoms with E-state index in [2.05, 4.69) is 118 Å². The van der Waals surface area contributed by atoms with Crippen LogP contribution in [0.5, 0.6) is 0 Å². The standard InChI is InChI=1S/C63H106O6/c1-4-7-10-13-16-19-22-25-28-30-31-33-35-38-41-44-47-50-53-56-62(65)68-59-60(58-67-61(64)55-52-49-46-43-40-37-34-27-24-21-18-15-12-9-6-3)69-63(66)57-54-51-48-45-42-39-36-32-29-26-23-20-17-14-11-8-5-2/h8,11,16-17,19-20,25-26,28-29,31,33,36,38-39,41,60H,4-7,9-10,12-15,18,21-24,27,30,32,34-35,37,40,42-59H2,1-3H3/b11-8-,19-16-,20-17-,28-25-,29-26-,33-31-,39-36-,41-38-/t60-/m0/s1. The molecule has 0 fully saturated rings. The predicted octanol–water partition coefficient (Wildman–Crippen LogP) is 19.3. The van der Waals surface area contributed by atoms with E-state index in [-0.39, 0.29) is 31.1 Å². The van der Waals surface area contributed by atoms with Crippen molar-refractivity contribution >= 4 is 17.9 Å². The Kier molecular flexibility index (Phi) is 53.9. The largest absolute Gasteiger partial charge is 0.462 e. The minimum absolute atomic E-state index is 0.0967. The first-order valence-electron chi connectivity index (χ1n) is 28.7. The Morgan fingerprint density at radius 2 is 0.565 bits per heavy atom. The molecule has 0 saturated heterocycles. The van der Waals surface area contributed by atoms with Gasteiger partial charge in [-0.05, 0) is 103 Å². The number of hydrogen-bond donors (Lipinski definition) is 0. The summed E-state index contributed by atoms with van der Waals surface area (Å²) in [6.45, 7) is 6.46. The number of hydrogen-bond acceptors (Lipinski definition) is 6. The van der Waals surface area contributed by atoms with Gasteiger partial charge >= 0.3 is 17.9 Å². The molecular weight excluding hydrogens is 853 g/mol. The number of carbonyl (C=O) groups is 3. The summed E-state index contributed by atoms with van der Waals surface area (Å²) in [6, 6.07) is 0. The van der Waals surface area contributed by atoms with Gasteiger partial charge in [0.1, 0.15) is 13.2 Å². The van der Waals surface area contributed by atoms with Crippen LogP contribution in [0, 0.1) is 0 Å². The average Bonchev–Trinajstić information content (AvgIpc) is 3.35. The quantitative estimate of drug-likeness (QED) is 0.0262. The molecule has 0 heterocycles. The Morgan fingerprint density at radius 3 is 0.928 bits per heavy atom. The van der Waals surface area contributed by atoms with Crippen molar-refractivity contribution in [3.8, 4) is 0 Å². The molecule has 0 aromatic carbocycles. The number of esters is 3. The topological polar surface area (TPSA) is 78.9 Å². The van der Waals surface area contributed by atoms with Crippen LogP contribution in [0.15, 0.2) is 97.2 Å². The molecule has 6 heteroatoms. The van der Waals surface area contributed by atoms with E-state index in [0.717, 1.165) is 122 Å². The average molecular weight is 960 g/mol. The fraction of sp³-hybridized carbons (Fsp3) is 0.698. The Morgan fingerprint density at radius 1 is 0.304 bits per heavy atom. The Balaban J connectivity index is 4.49. The molecule has 0 aliphatic heterocycles. The van der Waals surface area contributed by atoms with E-state index in [4.69, 9.17) is 14.2 Å². The first kappa shape index (κ1) is 65.3. The highest BCUT2D eigenvalue weighted by Gasteiger charge is 2.19. The number of rotatable bonds is 51. The third-order valence-corrected chi connectivity index (χ3v) is 12.1. The lowest BCUT2D eigenvalue weighted by molar-refractivity contribution is -0.167. The van der Waals surface area contributed by atoms with Crippen LogP contribution >= 0.6 is 0 Å². The molecule has 0 aromatic heterocycles. The predicted molar refractivity (Wildman–Crippen MR) is 297 cm³/mol. The summed E-state index contributed by atoms with van der Waals surface area (Å²) >= 11 is 0. The fourth-order valence-corrected chi connectivity index (χ4v) is 7.77. The summed E-state index contributed by atoms with van der Waals surface area (Å²) in [5.41, 5.74) is 0. The lowest BCUT2D eigenvalue weighted by Crippen LogP contribution is -2.30. The molecule has 0 unspecified atom stereocenters. The van der Waals surface area contributed by atoms with E-state index in [9.17, 15) is 14.4 Å². The van der Waals surface area contributed by atoms with Gasteiger partial charge in [0.05, 0.1) is 0 Å². The molecule has 0 aliphatic carbocycles. The molecule has 0 aliphatic rings. The van der Waals surface area contributed by atoms with Crippen molar-refractivity contribution in [3.63, 3.8) is 0 Å². The molecule has 394 valence electrons. The van der Waals surface area contributed by atoms with Gasteiger partial charge in [-0.3, -0.25) is 14.4 Å². The van der Waals surface area contributed by atoms with E-state index in [1.807, 2.05) is 0 Å². The highest BCUT2D eigenvalue weighted by molar-refractivity contribution is 5.71. The van der Waals surface area contributed by atoms with Gasteiger partial charge in [-0.15, -0.1) is 0 Å². The number of carbonyl (C=O) groups excluding carboxylic acids is 3. The maximum atomic E-state index is 12.9. The molecule has 69 heavy (non-hydrogen) atoms. The van der Waals surface area contributed by atoms with Gasteiger partial charge in [-0.1, -0.05) is 240 Å². The van der Waals surface area contributed by atoms with E-state index in [1.54, 1.807) is 0 Å². The van der Waals surface area contributed by atoms with E-state index in [0.29, 0.717) is 19.3 Å².